The number of carbonyl (C=O) groups is 1. The van der Waals surface area contributed by atoms with E-state index in [4.69, 9.17) is 10.8 Å². The summed E-state index contributed by atoms with van der Waals surface area (Å²) in [7, 11) is 0. The van der Waals surface area contributed by atoms with E-state index in [0.717, 1.165) is 49.2 Å². The summed E-state index contributed by atoms with van der Waals surface area (Å²) in [6.07, 6.45) is 1.82. The summed E-state index contributed by atoms with van der Waals surface area (Å²) in [6.45, 7) is 13.0. The predicted molar refractivity (Wildman–Crippen MR) is 138 cm³/mol. The lowest BCUT2D eigenvalue weighted by molar-refractivity contribution is -0.115. The molecule has 1 aliphatic carbocycles. The van der Waals surface area contributed by atoms with Crippen LogP contribution in [0.15, 0.2) is 36.4 Å². The molecule has 2 aromatic carbocycles. The van der Waals surface area contributed by atoms with Crippen molar-refractivity contribution in [2.45, 2.75) is 66.0 Å². The molecule has 34 heavy (non-hydrogen) atoms. The van der Waals surface area contributed by atoms with Gasteiger partial charge in [-0.3, -0.25) is 25.4 Å². The van der Waals surface area contributed by atoms with E-state index in [0.29, 0.717) is 11.3 Å². The van der Waals surface area contributed by atoms with Crippen molar-refractivity contribution >= 4 is 23.3 Å². The number of carbonyl (C=O) groups excluding carboxylic acids is 1. The molecule has 0 saturated heterocycles. The van der Waals surface area contributed by atoms with Crippen LogP contribution in [0.25, 0.3) is 0 Å². The molecule has 0 spiro atoms. The van der Waals surface area contributed by atoms with Crippen LogP contribution in [0.2, 0.25) is 0 Å². The zero-order chi connectivity index (χ0) is 25.0. The Bertz CT molecular complexity index is 1050. The molecule has 0 aromatic heterocycles. The highest BCUT2D eigenvalue weighted by Gasteiger charge is 2.30. The van der Waals surface area contributed by atoms with Crippen molar-refractivity contribution < 1.29 is 9.90 Å². The van der Waals surface area contributed by atoms with E-state index in [2.05, 4.69) is 37.9 Å². The van der Waals surface area contributed by atoms with Gasteiger partial charge >= 0.3 is 0 Å². The maximum absolute atomic E-state index is 12.8. The second kappa shape index (κ2) is 10.8. The number of amidine groups is 2. The smallest absolute Gasteiger partial charge is 0.287 e. The lowest BCUT2D eigenvalue weighted by Crippen LogP contribution is -2.46. The third-order valence-electron chi connectivity index (χ3n) is 6.33. The van der Waals surface area contributed by atoms with Gasteiger partial charge in [-0.1, -0.05) is 39.8 Å². The second-order valence-electron chi connectivity index (χ2n) is 9.29. The number of hydrogen-bond acceptors (Lipinski definition) is 5. The minimum atomic E-state index is -0.518. The minimum Gasteiger partial charge on any atom is -0.507 e. The molecule has 1 aliphatic rings. The summed E-state index contributed by atoms with van der Waals surface area (Å²) in [4.78, 5) is 16.4. The fourth-order valence-corrected chi connectivity index (χ4v) is 4.05. The first-order valence-corrected chi connectivity index (χ1v) is 12.1. The van der Waals surface area contributed by atoms with Crippen LogP contribution in [0.3, 0.4) is 0 Å². The molecule has 7 heteroatoms. The highest BCUT2D eigenvalue weighted by molar-refractivity contribution is 6.48. The van der Waals surface area contributed by atoms with Gasteiger partial charge in [0.05, 0.1) is 5.56 Å². The standard InChI is InChI=1S/C27H37N5O2/c1-6-31(7-2)16-19-8-12-21(13-9-19)32(26(29)27(34)30-20-10-11-20)25(28)23-15-22(17(3)4)18(5)14-24(23)33/h8-9,12-15,17,20,28-29,33H,6-7,10-11,16H2,1-5H3,(H,30,34). The van der Waals surface area contributed by atoms with E-state index >= 15 is 0 Å². The molecule has 1 amide bonds. The zero-order valence-corrected chi connectivity index (χ0v) is 20.9. The van der Waals surface area contributed by atoms with Crippen molar-refractivity contribution in [2.24, 2.45) is 0 Å². The lowest BCUT2D eigenvalue weighted by atomic mass is 9.94. The van der Waals surface area contributed by atoms with Gasteiger partial charge in [0.15, 0.2) is 5.84 Å². The zero-order valence-electron chi connectivity index (χ0n) is 20.9. The summed E-state index contributed by atoms with van der Waals surface area (Å²) in [5, 5.41) is 31.1. The van der Waals surface area contributed by atoms with Crippen LogP contribution in [0.4, 0.5) is 5.69 Å². The molecule has 0 atom stereocenters. The van der Waals surface area contributed by atoms with Crippen LogP contribution >= 0.6 is 0 Å². The highest BCUT2D eigenvalue weighted by atomic mass is 16.3. The topological polar surface area (TPSA) is 104 Å². The first-order chi connectivity index (χ1) is 16.2. The molecular formula is C27H37N5O2. The van der Waals surface area contributed by atoms with Gasteiger partial charge in [-0.05, 0) is 79.7 Å². The molecule has 1 fully saturated rings. The van der Waals surface area contributed by atoms with E-state index in [1.165, 1.54) is 4.90 Å². The summed E-state index contributed by atoms with van der Waals surface area (Å²) in [5.74, 6) is -0.788. The second-order valence-corrected chi connectivity index (χ2v) is 9.29. The van der Waals surface area contributed by atoms with Crippen LogP contribution in [0.5, 0.6) is 5.75 Å². The van der Waals surface area contributed by atoms with Crippen LogP contribution in [0.1, 0.15) is 68.7 Å². The van der Waals surface area contributed by atoms with Gasteiger partial charge in [0, 0.05) is 18.3 Å². The van der Waals surface area contributed by atoms with Crippen LogP contribution in [-0.2, 0) is 11.3 Å². The Morgan fingerprint density at radius 3 is 2.26 bits per heavy atom. The molecule has 182 valence electrons. The largest absolute Gasteiger partial charge is 0.507 e. The Balaban J connectivity index is 1.99. The van der Waals surface area contributed by atoms with Gasteiger partial charge in [-0.15, -0.1) is 0 Å². The average Bonchev–Trinajstić information content (AvgIpc) is 3.62. The number of phenols is 1. The Hall–Kier alpha value is -3.19. The number of hydrogen-bond donors (Lipinski definition) is 4. The van der Waals surface area contributed by atoms with Crippen molar-refractivity contribution in [3.63, 3.8) is 0 Å². The third kappa shape index (κ3) is 5.83. The van der Waals surface area contributed by atoms with Gasteiger partial charge in [0.2, 0.25) is 0 Å². The summed E-state index contributed by atoms with van der Waals surface area (Å²) in [5.41, 5.74) is 3.91. The maximum atomic E-state index is 12.8. The minimum absolute atomic E-state index is 0.0366. The van der Waals surface area contributed by atoms with Gasteiger partial charge in [-0.25, -0.2) is 0 Å². The number of amides is 1. The van der Waals surface area contributed by atoms with E-state index < -0.39 is 5.91 Å². The Labute approximate surface area is 202 Å². The third-order valence-corrected chi connectivity index (χ3v) is 6.33. The Morgan fingerprint density at radius 1 is 1.12 bits per heavy atom. The number of benzene rings is 2. The normalized spacial score (nSPS) is 13.3. The average molecular weight is 464 g/mol. The van der Waals surface area contributed by atoms with Gasteiger partial charge in [-0.2, -0.15) is 0 Å². The molecule has 0 aliphatic heterocycles. The molecule has 4 N–H and O–H groups in total. The monoisotopic (exact) mass is 463 g/mol. The summed E-state index contributed by atoms with van der Waals surface area (Å²) in [6, 6.07) is 11.1. The number of nitrogens with zero attached hydrogens (tertiary/aromatic N) is 2. The SMILES string of the molecule is CCN(CC)Cc1ccc(N(C(=N)C(=O)NC2CC2)C(=N)c2cc(C(C)C)c(C)cc2O)cc1. The molecule has 0 unspecified atom stereocenters. The fourth-order valence-electron chi connectivity index (χ4n) is 4.05. The summed E-state index contributed by atoms with van der Waals surface area (Å²) >= 11 is 0. The van der Waals surface area contributed by atoms with E-state index in [-0.39, 0.29) is 29.4 Å². The number of aromatic hydroxyl groups is 1. The molecule has 2 aromatic rings. The van der Waals surface area contributed by atoms with Gasteiger partial charge < -0.3 is 10.4 Å². The van der Waals surface area contributed by atoms with E-state index in [1.807, 2.05) is 31.2 Å². The first kappa shape index (κ1) is 25.4. The number of nitrogens with one attached hydrogen (secondary N) is 3. The summed E-state index contributed by atoms with van der Waals surface area (Å²) < 4.78 is 0. The van der Waals surface area contributed by atoms with E-state index in [1.54, 1.807) is 12.1 Å². The van der Waals surface area contributed by atoms with Crippen molar-refractivity contribution in [1.29, 1.82) is 10.8 Å². The quantitative estimate of drug-likeness (QED) is 0.335. The molecule has 7 nitrogen and oxygen atoms in total. The number of anilines is 1. The van der Waals surface area contributed by atoms with Crippen molar-refractivity contribution in [2.75, 3.05) is 18.0 Å². The molecule has 0 radical (unpaired) electrons. The van der Waals surface area contributed by atoms with Gasteiger partial charge in [0.25, 0.3) is 5.91 Å². The Morgan fingerprint density at radius 2 is 1.74 bits per heavy atom. The van der Waals surface area contributed by atoms with Gasteiger partial charge in [0.1, 0.15) is 11.6 Å². The van der Waals surface area contributed by atoms with E-state index in [9.17, 15) is 9.90 Å². The van der Waals surface area contributed by atoms with Crippen molar-refractivity contribution in [3.8, 4) is 5.75 Å². The highest BCUT2D eigenvalue weighted by Crippen LogP contribution is 2.30. The molecule has 0 bridgehead atoms. The first-order valence-electron chi connectivity index (χ1n) is 12.1. The predicted octanol–water partition coefficient (Wildman–Crippen LogP) is 4.75. The van der Waals surface area contributed by atoms with Crippen LogP contribution < -0.4 is 10.2 Å². The number of rotatable bonds is 8. The molecule has 1 saturated carbocycles. The lowest BCUT2D eigenvalue weighted by Gasteiger charge is -2.27. The van der Waals surface area contributed by atoms with Crippen LogP contribution in [0, 0.1) is 17.7 Å². The maximum Gasteiger partial charge on any atom is 0.287 e. The Kier molecular flexibility index (Phi) is 8.10. The number of phenolic OH excluding ortho intramolecular Hbond substituents is 1. The molecule has 0 heterocycles. The van der Waals surface area contributed by atoms with Crippen LogP contribution in [-0.4, -0.2) is 46.7 Å². The molecule has 3 rings (SSSR count). The number of aryl methyl sites for hydroxylation is 1. The van der Waals surface area contributed by atoms with Crippen molar-refractivity contribution in [1.82, 2.24) is 10.2 Å². The van der Waals surface area contributed by atoms with Crippen molar-refractivity contribution in [3.05, 3.63) is 58.7 Å². The fraction of sp³-hybridized carbons (Fsp3) is 0.444. The molecular weight excluding hydrogens is 426 g/mol.